The average molecular weight is 384 g/mol. The van der Waals surface area contributed by atoms with Crippen LogP contribution in [0.5, 0.6) is 0 Å². The van der Waals surface area contributed by atoms with E-state index in [4.69, 9.17) is 4.98 Å². The van der Waals surface area contributed by atoms with Crippen LogP contribution in [0.25, 0.3) is 11.0 Å². The number of carbonyl (C=O) groups is 1. The number of piperazine rings is 1. The topological polar surface area (TPSA) is 44.6 Å². The SMILES string of the molecule is CCCN1CCN(C(=O)C2CCN(Cc3nc4ccccc4n3C)CC2)CC1. The van der Waals surface area contributed by atoms with Crippen molar-refractivity contribution in [2.75, 3.05) is 45.8 Å². The number of imidazole rings is 1. The van der Waals surface area contributed by atoms with Gasteiger partial charge in [-0.3, -0.25) is 14.6 Å². The van der Waals surface area contributed by atoms with Crippen molar-refractivity contribution in [3.8, 4) is 0 Å². The summed E-state index contributed by atoms with van der Waals surface area (Å²) in [4.78, 5) is 24.8. The molecule has 28 heavy (non-hydrogen) atoms. The van der Waals surface area contributed by atoms with Gasteiger partial charge in [0.05, 0.1) is 17.6 Å². The minimum absolute atomic E-state index is 0.203. The van der Waals surface area contributed by atoms with E-state index in [9.17, 15) is 4.79 Å². The summed E-state index contributed by atoms with van der Waals surface area (Å²) in [5.74, 6) is 1.70. The highest BCUT2D eigenvalue weighted by Crippen LogP contribution is 2.23. The standard InChI is InChI=1S/C22H33N5O/c1-3-10-25-13-15-27(16-14-25)22(28)18-8-11-26(12-9-18)17-21-23-19-6-4-5-7-20(19)24(21)2/h4-7,18H,3,8-17H2,1-2H3. The first-order valence-electron chi connectivity index (χ1n) is 10.8. The van der Waals surface area contributed by atoms with Gasteiger partial charge in [-0.15, -0.1) is 0 Å². The van der Waals surface area contributed by atoms with E-state index < -0.39 is 0 Å². The van der Waals surface area contributed by atoms with Gasteiger partial charge in [-0.1, -0.05) is 19.1 Å². The zero-order valence-electron chi connectivity index (χ0n) is 17.3. The molecular formula is C22H33N5O. The lowest BCUT2D eigenvalue weighted by molar-refractivity contribution is -0.138. The summed E-state index contributed by atoms with van der Waals surface area (Å²) in [6.07, 6.45) is 3.13. The Kier molecular flexibility index (Phi) is 5.97. The number of para-hydroxylation sites is 2. The lowest BCUT2D eigenvalue weighted by Gasteiger charge is -2.38. The maximum Gasteiger partial charge on any atom is 0.225 e. The van der Waals surface area contributed by atoms with Crippen LogP contribution in [0.3, 0.4) is 0 Å². The fourth-order valence-corrected chi connectivity index (χ4v) is 4.64. The Morgan fingerprint density at radius 3 is 2.43 bits per heavy atom. The van der Waals surface area contributed by atoms with Crippen molar-refractivity contribution < 1.29 is 4.79 Å². The summed E-state index contributed by atoms with van der Waals surface area (Å²) >= 11 is 0. The Hall–Kier alpha value is -1.92. The second-order valence-electron chi connectivity index (χ2n) is 8.29. The van der Waals surface area contributed by atoms with E-state index in [1.54, 1.807) is 0 Å². The zero-order valence-corrected chi connectivity index (χ0v) is 17.3. The van der Waals surface area contributed by atoms with E-state index in [2.05, 4.69) is 51.4 Å². The average Bonchev–Trinajstić information content (AvgIpc) is 3.04. The molecule has 1 aromatic heterocycles. The zero-order chi connectivity index (χ0) is 19.5. The largest absolute Gasteiger partial charge is 0.340 e. The molecule has 0 N–H and O–H groups in total. The summed E-state index contributed by atoms with van der Waals surface area (Å²) in [7, 11) is 2.10. The van der Waals surface area contributed by atoms with Crippen LogP contribution < -0.4 is 0 Å². The molecule has 2 aliphatic rings. The number of carbonyl (C=O) groups excluding carboxylic acids is 1. The molecule has 2 fully saturated rings. The van der Waals surface area contributed by atoms with Crippen LogP contribution in [0.1, 0.15) is 32.0 Å². The van der Waals surface area contributed by atoms with Gasteiger partial charge in [0.15, 0.2) is 0 Å². The molecule has 3 heterocycles. The van der Waals surface area contributed by atoms with Gasteiger partial charge in [0, 0.05) is 39.1 Å². The van der Waals surface area contributed by atoms with Gasteiger partial charge in [0.2, 0.25) is 5.91 Å². The molecule has 1 aromatic carbocycles. The molecule has 1 amide bonds. The normalized spacial score (nSPS) is 20.1. The third kappa shape index (κ3) is 4.08. The molecule has 2 saturated heterocycles. The monoisotopic (exact) mass is 383 g/mol. The molecule has 0 saturated carbocycles. The second kappa shape index (κ2) is 8.62. The van der Waals surface area contributed by atoms with Gasteiger partial charge >= 0.3 is 0 Å². The highest BCUT2D eigenvalue weighted by Gasteiger charge is 2.30. The Morgan fingerprint density at radius 2 is 1.75 bits per heavy atom. The number of piperidine rings is 1. The molecule has 2 aromatic rings. The molecule has 152 valence electrons. The van der Waals surface area contributed by atoms with Gasteiger partial charge in [-0.05, 0) is 51.0 Å². The van der Waals surface area contributed by atoms with Crippen LogP contribution in [0, 0.1) is 5.92 Å². The van der Waals surface area contributed by atoms with E-state index >= 15 is 0 Å². The lowest BCUT2D eigenvalue weighted by atomic mass is 9.95. The van der Waals surface area contributed by atoms with Crippen molar-refractivity contribution >= 4 is 16.9 Å². The maximum atomic E-state index is 12.9. The predicted molar refractivity (Wildman–Crippen MR) is 112 cm³/mol. The third-order valence-corrected chi connectivity index (χ3v) is 6.41. The molecule has 2 aliphatic heterocycles. The van der Waals surface area contributed by atoms with Crippen molar-refractivity contribution in [3.63, 3.8) is 0 Å². The van der Waals surface area contributed by atoms with Crippen LogP contribution in [-0.4, -0.2) is 76.0 Å². The molecule has 4 rings (SSSR count). The highest BCUT2D eigenvalue weighted by molar-refractivity contribution is 5.79. The van der Waals surface area contributed by atoms with Gasteiger partial charge in [-0.25, -0.2) is 4.98 Å². The number of benzene rings is 1. The minimum Gasteiger partial charge on any atom is -0.340 e. The smallest absolute Gasteiger partial charge is 0.225 e. The lowest BCUT2D eigenvalue weighted by Crippen LogP contribution is -2.51. The van der Waals surface area contributed by atoms with Crippen LogP contribution >= 0.6 is 0 Å². The summed E-state index contributed by atoms with van der Waals surface area (Å²) in [5, 5.41) is 0. The number of hydrogen-bond donors (Lipinski definition) is 0. The fraction of sp³-hybridized carbons (Fsp3) is 0.636. The van der Waals surface area contributed by atoms with E-state index in [0.29, 0.717) is 5.91 Å². The first-order valence-corrected chi connectivity index (χ1v) is 10.8. The first kappa shape index (κ1) is 19.4. The summed E-state index contributed by atoms with van der Waals surface area (Å²) < 4.78 is 2.20. The van der Waals surface area contributed by atoms with Crippen molar-refractivity contribution in [2.45, 2.75) is 32.7 Å². The summed E-state index contributed by atoms with van der Waals surface area (Å²) in [6, 6.07) is 8.30. The highest BCUT2D eigenvalue weighted by atomic mass is 16.2. The van der Waals surface area contributed by atoms with E-state index in [1.165, 1.54) is 11.9 Å². The number of hydrogen-bond acceptors (Lipinski definition) is 4. The van der Waals surface area contributed by atoms with Crippen LogP contribution in [0.2, 0.25) is 0 Å². The molecule has 0 aliphatic carbocycles. The molecule has 0 unspecified atom stereocenters. The van der Waals surface area contributed by atoms with E-state index in [1.807, 2.05) is 6.07 Å². The fourth-order valence-electron chi connectivity index (χ4n) is 4.64. The number of rotatable bonds is 5. The molecule has 0 radical (unpaired) electrons. The van der Waals surface area contributed by atoms with Crippen molar-refractivity contribution in [2.24, 2.45) is 13.0 Å². The molecular weight excluding hydrogens is 350 g/mol. The quantitative estimate of drug-likeness (QED) is 0.795. The molecule has 6 nitrogen and oxygen atoms in total. The van der Waals surface area contributed by atoms with Gasteiger partial charge < -0.3 is 9.47 Å². The number of nitrogens with zero attached hydrogens (tertiary/aromatic N) is 5. The van der Waals surface area contributed by atoms with E-state index in [0.717, 1.165) is 76.5 Å². The van der Waals surface area contributed by atoms with Gasteiger partial charge in [-0.2, -0.15) is 0 Å². The second-order valence-corrected chi connectivity index (χ2v) is 8.29. The molecule has 0 atom stereocenters. The van der Waals surface area contributed by atoms with Crippen molar-refractivity contribution in [1.82, 2.24) is 24.3 Å². The van der Waals surface area contributed by atoms with Crippen molar-refractivity contribution in [3.05, 3.63) is 30.1 Å². The Morgan fingerprint density at radius 1 is 1.04 bits per heavy atom. The van der Waals surface area contributed by atoms with Crippen LogP contribution in [0.4, 0.5) is 0 Å². The Bertz CT molecular complexity index is 800. The molecule has 0 spiro atoms. The van der Waals surface area contributed by atoms with Crippen LogP contribution in [0.15, 0.2) is 24.3 Å². The third-order valence-electron chi connectivity index (χ3n) is 6.41. The van der Waals surface area contributed by atoms with Gasteiger partial charge in [0.1, 0.15) is 5.82 Å². The molecule has 0 bridgehead atoms. The van der Waals surface area contributed by atoms with Crippen molar-refractivity contribution in [1.29, 1.82) is 0 Å². The molecule has 6 heteroatoms. The number of fused-ring (bicyclic) bond motifs is 1. The number of aromatic nitrogens is 2. The van der Waals surface area contributed by atoms with E-state index in [-0.39, 0.29) is 5.92 Å². The number of likely N-dealkylation sites (tertiary alicyclic amines) is 1. The summed E-state index contributed by atoms with van der Waals surface area (Å²) in [6.45, 7) is 10.1. The minimum atomic E-state index is 0.203. The first-order chi connectivity index (χ1) is 13.7. The number of aryl methyl sites for hydroxylation is 1. The Labute approximate surface area is 168 Å². The summed E-state index contributed by atoms with van der Waals surface area (Å²) in [5.41, 5.74) is 2.25. The number of amides is 1. The Balaban J connectivity index is 1.28. The predicted octanol–water partition coefficient (Wildman–Crippen LogP) is 2.34. The maximum absolute atomic E-state index is 12.9. The van der Waals surface area contributed by atoms with Crippen LogP contribution in [-0.2, 0) is 18.4 Å². The van der Waals surface area contributed by atoms with Gasteiger partial charge in [0.25, 0.3) is 0 Å².